The summed E-state index contributed by atoms with van der Waals surface area (Å²) < 4.78 is 14.8. The maximum Gasteiger partial charge on any atom is 0.200 e. The average molecular weight is 240 g/mol. The van der Waals surface area contributed by atoms with Crippen LogP contribution < -0.4 is 0 Å². The first-order valence-corrected chi connectivity index (χ1v) is 6.05. The number of Topliss-reactive ketones (excluding diaryl/α,β-unsaturated/α-hetero) is 1. The van der Waals surface area contributed by atoms with Crippen LogP contribution in [0, 0.1) is 0 Å². The Balaban J connectivity index is 1.93. The molecule has 3 rings (SSSR count). The minimum atomic E-state index is -1.77. The molecule has 0 saturated carbocycles. The summed E-state index contributed by atoms with van der Waals surface area (Å²) in [6, 6.07) is 16.5. The standard InChI is InChI=1S/C16H13FO/c17-16(10-12-6-2-1-3-7-12)11-13-8-4-5-9-14(13)15(16)18/h1-9H,10-11H2/t16-/m0/s1. The normalized spacial score (nSPS) is 21.9. The molecule has 1 atom stereocenters. The number of rotatable bonds is 2. The minimum absolute atomic E-state index is 0.154. The summed E-state index contributed by atoms with van der Waals surface area (Å²) in [5, 5.41) is 0. The van der Waals surface area contributed by atoms with Crippen LogP contribution in [0.5, 0.6) is 0 Å². The number of hydrogen-bond acceptors (Lipinski definition) is 1. The maximum absolute atomic E-state index is 14.8. The Kier molecular flexibility index (Phi) is 2.51. The highest BCUT2D eigenvalue weighted by Crippen LogP contribution is 2.35. The van der Waals surface area contributed by atoms with Gasteiger partial charge in [0.15, 0.2) is 5.67 Å². The van der Waals surface area contributed by atoms with Gasteiger partial charge in [0.05, 0.1) is 0 Å². The second kappa shape index (κ2) is 4.05. The van der Waals surface area contributed by atoms with Crippen LogP contribution in [0.3, 0.4) is 0 Å². The lowest BCUT2D eigenvalue weighted by atomic mass is 9.92. The van der Waals surface area contributed by atoms with E-state index in [4.69, 9.17) is 0 Å². The molecule has 0 aromatic heterocycles. The number of alkyl halides is 1. The maximum atomic E-state index is 14.8. The predicted octanol–water partition coefficient (Wildman–Crippen LogP) is 3.38. The van der Waals surface area contributed by atoms with Crippen molar-refractivity contribution in [1.29, 1.82) is 0 Å². The van der Waals surface area contributed by atoms with Gasteiger partial charge in [0.2, 0.25) is 5.78 Å². The van der Waals surface area contributed by atoms with Crippen molar-refractivity contribution in [2.45, 2.75) is 18.5 Å². The lowest BCUT2D eigenvalue weighted by Crippen LogP contribution is -2.33. The zero-order valence-electron chi connectivity index (χ0n) is 9.90. The molecule has 2 aromatic carbocycles. The van der Waals surface area contributed by atoms with Crippen molar-refractivity contribution >= 4 is 5.78 Å². The number of carbonyl (C=O) groups is 1. The Hall–Kier alpha value is -1.96. The molecule has 0 radical (unpaired) electrons. The van der Waals surface area contributed by atoms with Crippen LogP contribution >= 0.6 is 0 Å². The first kappa shape index (κ1) is 11.1. The van der Waals surface area contributed by atoms with Crippen molar-refractivity contribution in [1.82, 2.24) is 0 Å². The third-order valence-electron chi connectivity index (χ3n) is 3.47. The third kappa shape index (κ3) is 1.74. The molecule has 18 heavy (non-hydrogen) atoms. The average Bonchev–Trinajstić information content (AvgIpc) is 2.63. The van der Waals surface area contributed by atoms with Crippen molar-refractivity contribution in [2.24, 2.45) is 0 Å². The molecule has 0 saturated heterocycles. The van der Waals surface area contributed by atoms with Crippen LogP contribution in [0.4, 0.5) is 4.39 Å². The second-order valence-electron chi connectivity index (χ2n) is 4.79. The lowest BCUT2D eigenvalue weighted by Gasteiger charge is -2.17. The van der Waals surface area contributed by atoms with Crippen molar-refractivity contribution in [3.8, 4) is 0 Å². The van der Waals surface area contributed by atoms with E-state index >= 15 is 0 Å². The fourth-order valence-electron chi connectivity index (χ4n) is 2.58. The van der Waals surface area contributed by atoms with E-state index in [1.54, 1.807) is 12.1 Å². The van der Waals surface area contributed by atoms with Gasteiger partial charge in [-0.25, -0.2) is 4.39 Å². The Bertz CT molecular complexity index is 591. The van der Waals surface area contributed by atoms with E-state index in [-0.39, 0.29) is 18.6 Å². The molecular weight excluding hydrogens is 227 g/mol. The highest BCUT2D eigenvalue weighted by Gasteiger charge is 2.45. The van der Waals surface area contributed by atoms with Crippen LogP contribution in [0.25, 0.3) is 0 Å². The molecule has 0 aliphatic heterocycles. The van der Waals surface area contributed by atoms with Crippen LogP contribution in [0.2, 0.25) is 0 Å². The van der Waals surface area contributed by atoms with E-state index < -0.39 is 5.67 Å². The summed E-state index contributed by atoms with van der Waals surface area (Å²) in [6.45, 7) is 0. The molecule has 0 amide bonds. The molecule has 0 spiro atoms. The Labute approximate surface area is 105 Å². The van der Waals surface area contributed by atoms with E-state index in [1.807, 2.05) is 42.5 Å². The SMILES string of the molecule is O=C1c2ccccc2C[C@@]1(F)Cc1ccccc1. The molecule has 0 unspecified atom stereocenters. The van der Waals surface area contributed by atoms with Gasteiger partial charge in [-0.3, -0.25) is 4.79 Å². The van der Waals surface area contributed by atoms with Crippen molar-refractivity contribution in [2.75, 3.05) is 0 Å². The Morgan fingerprint density at radius 2 is 1.67 bits per heavy atom. The highest BCUT2D eigenvalue weighted by molar-refractivity contribution is 6.07. The number of fused-ring (bicyclic) bond motifs is 1. The number of hydrogen-bond donors (Lipinski definition) is 0. The van der Waals surface area contributed by atoms with Gasteiger partial charge in [0.25, 0.3) is 0 Å². The smallest absolute Gasteiger partial charge is 0.200 e. The van der Waals surface area contributed by atoms with Crippen molar-refractivity contribution in [3.63, 3.8) is 0 Å². The molecule has 0 N–H and O–H groups in total. The summed E-state index contributed by atoms with van der Waals surface area (Å²) in [7, 11) is 0. The molecule has 2 heteroatoms. The monoisotopic (exact) mass is 240 g/mol. The first-order chi connectivity index (χ1) is 8.69. The van der Waals surface area contributed by atoms with E-state index in [0.717, 1.165) is 11.1 Å². The quantitative estimate of drug-likeness (QED) is 0.786. The van der Waals surface area contributed by atoms with E-state index in [0.29, 0.717) is 5.56 Å². The number of halogens is 1. The predicted molar refractivity (Wildman–Crippen MR) is 68.5 cm³/mol. The molecule has 0 bridgehead atoms. The largest absolute Gasteiger partial charge is 0.291 e. The summed E-state index contributed by atoms with van der Waals surface area (Å²) in [6.07, 6.45) is 0.345. The zero-order valence-corrected chi connectivity index (χ0v) is 9.90. The molecule has 90 valence electrons. The number of benzene rings is 2. The van der Waals surface area contributed by atoms with Crippen LogP contribution in [0.15, 0.2) is 54.6 Å². The summed E-state index contributed by atoms with van der Waals surface area (Å²) in [5.74, 6) is -0.373. The van der Waals surface area contributed by atoms with Gasteiger partial charge >= 0.3 is 0 Å². The van der Waals surface area contributed by atoms with E-state index in [1.165, 1.54) is 0 Å². The van der Waals surface area contributed by atoms with Crippen molar-refractivity contribution < 1.29 is 9.18 Å². The first-order valence-electron chi connectivity index (χ1n) is 6.05. The van der Waals surface area contributed by atoms with Crippen LogP contribution in [-0.4, -0.2) is 11.5 Å². The molecule has 1 nitrogen and oxygen atoms in total. The third-order valence-corrected chi connectivity index (χ3v) is 3.47. The van der Waals surface area contributed by atoms with Gasteiger partial charge in [-0.15, -0.1) is 0 Å². The fraction of sp³-hybridized carbons (Fsp3) is 0.188. The zero-order chi connectivity index (χ0) is 12.6. The lowest BCUT2D eigenvalue weighted by molar-refractivity contribution is 0.0720. The molecule has 1 aliphatic carbocycles. The van der Waals surface area contributed by atoms with Crippen molar-refractivity contribution in [3.05, 3.63) is 71.3 Å². The molecule has 0 fully saturated rings. The summed E-state index contributed by atoms with van der Waals surface area (Å²) in [4.78, 5) is 12.1. The summed E-state index contributed by atoms with van der Waals surface area (Å²) >= 11 is 0. The second-order valence-corrected chi connectivity index (χ2v) is 4.79. The fourth-order valence-corrected chi connectivity index (χ4v) is 2.58. The number of ketones is 1. The van der Waals surface area contributed by atoms with Crippen LogP contribution in [0.1, 0.15) is 21.5 Å². The van der Waals surface area contributed by atoms with Gasteiger partial charge in [-0.05, 0) is 11.1 Å². The number of carbonyl (C=O) groups excluding carboxylic acids is 1. The summed E-state index contributed by atoms with van der Waals surface area (Å²) in [5.41, 5.74) is 0.448. The van der Waals surface area contributed by atoms with Gasteiger partial charge in [-0.2, -0.15) is 0 Å². The van der Waals surface area contributed by atoms with Gasteiger partial charge in [0, 0.05) is 18.4 Å². The molecule has 0 heterocycles. The molecule has 2 aromatic rings. The van der Waals surface area contributed by atoms with E-state index in [9.17, 15) is 9.18 Å². The topological polar surface area (TPSA) is 17.1 Å². The minimum Gasteiger partial charge on any atom is -0.291 e. The van der Waals surface area contributed by atoms with Gasteiger partial charge in [0.1, 0.15) is 0 Å². The van der Waals surface area contributed by atoms with Gasteiger partial charge in [-0.1, -0.05) is 54.6 Å². The molecular formula is C16H13FO. The Morgan fingerprint density at radius 3 is 2.39 bits per heavy atom. The molecule has 1 aliphatic rings. The van der Waals surface area contributed by atoms with Gasteiger partial charge < -0.3 is 0 Å². The van der Waals surface area contributed by atoms with E-state index in [2.05, 4.69) is 0 Å². The Morgan fingerprint density at radius 1 is 1.00 bits per heavy atom. The highest BCUT2D eigenvalue weighted by atomic mass is 19.1. The van der Waals surface area contributed by atoms with Crippen LogP contribution in [-0.2, 0) is 12.8 Å².